The maximum absolute atomic E-state index is 12.0. The van der Waals surface area contributed by atoms with Gasteiger partial charge >= 0.3 is 11.5 Å². The van der Waals surface area contributed by atoms with Crippen molar-refractivity contribution in [1.82, 2.24) is 24.9 Å². The van der Waals surface area contributed by atoms with Crippen molar-refractivity contribution in [2.24, 2.45) is 0 Å². The van der Waals surface area contributed by atoms with Gasteiger partial charge in [0.2, 0.25) is 11.9 Å². The van der Waals surface area contributed by atoms with Crippen LogP contribution in [0.5, 0.6) is 0 Å². The second-order valence-electron chi connectivity index (χ2n) is 5.27. The van der Waals surface area contributed by atoms with Crippen LogP contribution < -0.4 is 16.4 Å². The molecule has 0 fully saturated rings. The summed E-state index contributed by atoms with van der Waals surface area (Å²) < 4.78 is 1.71. The molecule has 0 radical (unpaired) electrons. The Morgan fingerprint density at radius 2 is 2.12 bits per heavy atom. The Morgan fingerprint density at radius 1 is 1.33 bits per heavy atom. The molecule has 0 saturated carbocycles. The number of anilines is 1. The number of imidazole rings is 1. The summed E-state index contributed by atoms with van der Waals surface area (Å²) in [4.78, 5) is 44.9. The lowest BCUT2D eigenvalue weighted by molar-refractivity contribution is -0.138. The molecule has 0 bridgehead atoms. The van der Waals surface area contributed by atoms with E-state index in [1.54, 1.807) is 4.57 Å². The van der Waals surface area contributed by atoms with E-state index in [1.807, 2.05) is 0 Å². The van der Waals surface area contributed by atoms with Gasteiger partial charge < -0.3 is 10.1 Å². The van der Waals surface area contributed by atoms with Gasteiger partial charge in [-0.05, 0) is 6.42 Å². The van der Waals surface area contributed by atoms with Gasteiger partial charge in [-0.3, -0.25) is 29.8 Å². The summed E-state index contributed by atoms with van der Waals surface area (Å²) in [6.45, 7) is 2.66. The predicted molar refractivity (Wildman–Crippen MR) is 86.3 cm³/mol. The Bertz CT molecular complexity index is 781. The topological polar surface area (TPSA) is 142 Å². The molecule has 0 aliphatic heterocycles. The number of amides is 1. The molecule has 10 nitrogen and oxygen atoms in total. The van der Waals surface area contributed by atoms with Crippen molar-refractivity contribution in [2.45, 2.75) is 45.6 Å². The quantitative estimate of drug-likeness (QED) is 0.388. The molecule has 24 heavy (non-hydrogen) atoms. The highest BCUT2D eigenvalue weighted by atomic mass is 16.4. The number of hydrogen-bond donors (Lipinski definition) is 4. The SMILES string of the molecule is CCCCCn1c(NNC(=O)CCC(=O)O)nc(=O)c2[nH]cnc21. The molecule has 2 aromatic heterocycles. The average molecular weight is 336 g/mol. The number of H-pyrrole nitrogens is 1. The van der Waals surface area contributed by atoms with Gasteiger partial charge in [0, 0.05) is 13.0 Å². The van der Waals surface area contributed by atoms with E-state index in [0.717, 1.165) is 19.3 Å². The van der Waals surface area contributed by atoms with E-state index < -0.39 is 17.4 Å². The van der Waals surface area contributed by atoms with Gasteiger partial charge in [-0.1, -0.05) is 19.8 Å². The maximum Gasteiger partial charge on any atom is 0.303 e. The zero-order chi connectivity index (χ0) is 17.5. The first kappa shape index (κ1) is 17.4. The summed E-state index contributed by atoms with van der Waals surface area (Å²) in [6.07, 6.45) is 3.87. The third-order valence-electron chi connectivity index (χ3n) is 3.42. The fourth-order valence-corrected chi connectivity index (χ4v) is 2.20. The fourth-order valence-electron chi connectivity index (χ4n) is 2.20. The molecule has 2 aromatic rings. The standard InChI is InChI=1S/C14H20N6O4/c1-2-3-4-7-20-12-11(15-8-16-12)13(24)17-14(20)19-18-9(21)5-6-10(22)23/h8H,2-7H2,1H3,(H,15,16)(H,18,21)(H,22,23)(H,17,19,24). The van der Waals surface area contributed by atoms with Crippen molar-refractivity contribution in [3.63, 3.8) is 0 Å². The lowest BCUT2D eigenvalue weighted by Crippen LogP contribution is -2.33. The van der Waals surface area contributed by atoms with Gasteiger partial charge in [0.1, 0.15) is 0 Å². The van der Waals surface area contributed by atoms with E-state index in [9.17, 15) is 14.4 Å². The first-order chi connectivity index (χ1) is 11.5. The second-order valence-corrected chi connectivity index (χ2v) is 5.27. The van der Waals surface area contributed by atoms with E-state index in [-0.39, 0.29) is 18.8 Å². The first-order valence-corrected chi connectivity index (χ1v) is 7.73. The van der Waals surface area contributed by atoms with Crippen LogP contribution in [0.3, 0.4) is 0 Å². The Labute approximate surface area is 137 Å². The summed E-state index contributed by atoms with van der Waals surface area (Å²) >= 11 is 0. The Balaban J connectivity index is 2.17. The number of rotatable bonds is 9. The molecule has 130 valence electrons. The molecule has 0 aliphatic rings. The van der Waals surface area contributed by atoms with Crippen molar-refractivity contribution in [2.75, 3.05) is 5.43 Å². The van der Waals surface area contributed by atoms with Crippen molar-refractivity contribution < 1.29 is 14.7 Å². The minimum absolute atomic E-state index is 0.166. The normalized spacial score (nSPS) is 10.7. The Hall–Kier alpha value is -2.91. The number of carboxylic acids is 1. The van der Waals surface area contributed by atoms with Crippen molar-refractivity contribution >= 4 is 29.0 Å². The van der Waals surface area contributed by atoms with Gasteiger partial charge in [0.05, 0.1) is 12.7 Å². The van der Waals surface area contributed by atoms with Crippen LogP contribution in [0.25, 0.3) is 11.2 Å². The first-order valence-electron chi connectivity index (χ1n) is 7.73. The Kier molecular flexibility index (Phi) is 5.88. The molecule has 0 unspecified atom stereocenters. The van der Waals surface area contributed by atoms with Gasteiger partial charge in [0.15, 0.2) is 11.2 Å². The number of carbonyl (C=O) groups is 2. The largest absolute Gasteiger partial charge is 0.481 e. The van der Waals surface area contributed by atoms with Crippen LogP contribution >= 0.6 is 0 Å². The Morgan fingerprint density at radius 3 is 2.83 bits per heavy atom. The number of hydrazine groups is 1. The van der Waals surface area contributed by atoms with Gasteiger partial charge in [-0.15, -0.1) is 0 Å². The lowest BCUT2D eigenvalue weighted by atomic mass is 10.2. The smallest absolute Gasteiger partial charge is 0.303 e. The van der Waals surface area contributed by atoms with Crippen LogP contribution in [-0.2, 0) is 16.1 Å². The van der Waals surface area contributed by atoms with E-state index in [4.69, 9.17) is 5.11 Å². The molecule has 10 heteroatoms. The third kappa shape index (κ3) is 4.31. The van der Waals surface area contributed by atoms with Crippen LogP contribution in [-0.4, -0.2) is 36.5 Å². The number of aryl methyl sites for hydroxylation is 1. The van der Waals surface area contributed by atoms with Crippen LogP contribution in [0.15, 0.2) is 11.1 Å². The number of carbonyl (C=O) groups excluding carboxylic acids is 1. The highest BCUT2D eigenvalue weighted by Crippen LogP contribution is 2.12. The highest BCUT2D eigenvalue weighted by molar-refractivity contribution is 5.81. The number of hydrogen-bond acceptors (Lipinski definition) is 6. The average Bonchev–Trinajstić information content (AvgIpc) is 3.03. The van der Waals surface area contributed by atoms with Crippen molar-refractivity contribution in [3.8, 4) is 0 Å². The molecule has 2 heterocycles. The zero-order valence-corrected chi connectivity index (χ0v) is 13.3. The predicted octanol–water partition coefficient (Wildman–Crippen LogP) is 0.618. The summed E-state index contributed by atoms with van der Waals surface area (Å²) in [5.74, 6) is -1.40. The van der Waals surface area contributed by atoms with Crippen LogP contribution in [0, 0.1) is 0 Å². The molecule has 1 amide bonds. The molecule has 0 aromatic carbocycles. The third-order valence-corrected chi connectivity index (χ3v) is 3.42. The zero-order valence-electron chi connectivity index (χ0n) is 13.3. The molecule has 0 aliphatic carbocycles. The number of fused-ring (bicyclic) bond motifs is 1. The summed E-state index contributed by atoms with van der Waals surface area (Å²) in [5.41, 5.74) is 5.21. The highest BCUT2D eigenvalue weighted by Gasteiger charge is 2.13. The lowest BCUT2D eigenvalue weighted by Gasteiger charge is -2.14. The van der Waals surface area contributed by atoms with E-state index in [1.165, 1.54) is 6.33 Å². The molecule has 0 spiro atoms. The molecular formula is C14H20N6O4. The van der Waals surface area contributed by atoms with Gasteiger partial charge in [-0.2, -0.15) is 4.98 Å². The number of carboxylic acid groups (broad SMARTS) is 1. The van der Waals surface area contributed by atoms with E-state index in [2.05, 4.69) is 32.7 Å². The van der Waals surface area contributed by atoms with Gasteiger partial charge in [-0.25, -0.2) is 4.98 Å². The number of aromatic nitrogens is 4. The molecule has 2 rings (SSSR count). The van der Waals surface area contributed by atoms with Gasteiger partial charge in [0.25, 0.3) is 0 Å². The van der Waals surface area contributed by atoms with Crippen LogP contribution in [0.2, 0.25) is 0 Å². The molecule has 4 N–H and O–H groups in total. The minimum atomic E-state index is -1.06. The number of aromatic amines is 1. The summed E-state index contributed by atoms with van der Waals surface area (Å²) in [7, 11) is 0. The number of aliphatic carboxylic acids is 1. The monoisotopic (exact) mass is 336 g/mol. The summed E-state index contributed by atoms with van der Waals surface area (Å²) in [5, 5.41) is 8.57. The molecular weight excluding hydrogens is 316 g/mol. The molecule has 0 saturated heterocycles. The van der Waals surface area contributed by atoms with E-state index in [0.29, 0.717) is 17.7 Å². The number of nitrogens with zero attached hydrogens (tertiary/aromatic N) is 3. The van der Waals surface area contributed by atoms with Crippen LogP contribution in [0.4, 0.5) is 5.95 Å². The van der Waals surface area contributed by atoms with E-state index >= 15 is 0 Å². The number of unbranched alkanes of at least 4 members (excludes halogenated alkanes) is 2. The van der Waals surface area contributed by atoms with Crippen molar-refractivity contribution in [1.29, 1.82) is 0 Å². The minimum Gasteiger partial charge on any atom is -0.481 e. The van der Waals surface area contributed by atoms with Crippen molar-refractivity contribution in [3.05, 3.63) is 16.7 Å². The maximum atomic E-state index is 12.0. The fraction of sp³-hybridized carbons (Fsp3) is 0.500. The second kappa shape index (κ2) is 8.09. The van der Waals surface area contributed by atoms with Crippen LogP contribution in [0.1, 0.15) is 39.0 Å². The number of nitrogens with one attached hydrogen (secondary N) is 3. The molecule has 0 atom stereocenters. The summed E-state index contributed by atoms with van der Waals surface area (Å²) in [6, 6.07) is 0.